The molecule has 2 saturated heterocycles. The van der Waals surface area contributed by atoms with Crippen LogP contribution in [0.3, 0.4) is 0 Å². The number of aliphatic carboxylic acids is 1. The number of carbonyl (C=O) groups is 5. The van der Waals surface area contributed by atoms with E-state index >= 15 is 0 Å². The minimum Gasteiger partial charge on any atom is -0.507 e. The first-order valence-corrected chi connectivity index (χ1v) is 13.0. The number of imide groups is 2. The molecule has 4 aliphatic rings. The van der Waals surface area contributed by atoms with Crippen molar-refractivity contribution < 1.29 is 43.7 Å². The molecule has 2 aliphatic carbocycles. The molecule has 0 bridgehead atoms. The molecule has 4 amide bonds. The van der Waals surface area contributed by atoms with E-state index in [1.54, 1.807) is 6.08 Å². The van der Waals surface area contributed by atoms with Gasteiger partial charge in [-0.15, -0.1) is 23.2 Å². The number of ether oxygens (including phenoxy) is 2. The van der Waals surface area contributed by atoms with E-state index in [9.17, 15) is 29.1 Å². The highest BCUT2D eigenvalue weighted by molar-refractivity contribution is 6.53. The second-order valence-electron chi connectivity index (χ2n) is 10.2. The Morgan fingerprint density at radius 2 is 1.77 bits per heavy atom. The number of aromatic hydroxyl groups is 1. The third-order valence-corrected chi connectivity index (χ3v) is 9.91. The predicted octanol–water partition coefficient (Wildman–Crippen LogP) is 1.87. The number of alkyl halides is 2. The van der Waals surface area contributed by atoms with Crippen molar-refractivity contribution in [2.24, 2.45) is 17.8 Å². The summed E-state index contributed by atoms with van der Waals surface area (Å²) in [5.74, 6) is -7.48. The number of rotatable bonds is 6. The topological polar surface area (TPSA) is 151 Å². The van der Waals surface area contributed by atoms with Crippen LogP contribution in [-0.4, -0.2) is 87.2 Å². The third-order valence-electron chi connectivity index (χ3n) is 8.49. The third kappa shape index (κ3) is 3.52. The van der Waals surface area contributed by atoms with Gasteiger partial charge in [0.15, 0.2) is 9.75 Å². The lowest BCUT2D eigenvalue weighted by Gasteiger charge is -2.51. The van der Waals surface area contributed by atoms with Gasteiger partial charge in [-0.05, 0) is 18.8 Å². The van der Waals surface area contributed by atoms with Gasteiger partial charge in [-0.25, -0.2) is 0 Å². The van der Waals surface area contributed by atoms with E-state index in [2.05, 4.69) is 0 Å². The van der Waals surface area contributed by atoms with Gasteiger partial charge in [0.25, 0.3) is 11.8 Å². The van der Waals surface area contributed by atoms with E-state index in [1.165, 1.54) is 33.4 Å². The zero-order chi connectivity index (χ0) is 28.6. The number of phenols is 1. The van der Waals surface area contributed by atoms with Crippen molar-refractivity contribution in [3.8, 4) is 17.2 Å². The number of benzene rings is 1. The minimum absolute atomic E-state index is 0.0867. The Morgan fingerprint density at radius 1 is 1.08 bits per heavy atom. The van der Waals surface area contributed by atoms with Gasteiger partial charge in [0.1, 0.15) is 17.2 Å². The molecule has 0 aromatic heterocycles. The molecule has 1 saturated carbocycles. The fourth-order valence-electron chi connectivity index (χ4n) is 6.72. The summed E-state index contributed by atoms with van der Waals surface area (Å²) in [5.41, 5.74) is 0.558. The summed E-state index contributed by atoms with van der Waals surface area (Å²) in [4.78, 5) is 62.7. The Kier molecular flexibility index (Phi) is 6.38. The zero-order valence-corrected chi connectivity index (χ0v) is 22.8. The van der Waals surface area contributed by atoms with Crippen LogP contribution >= 0.6 is 23.2 Å². The maximum Gasteiger partial charge on any atom is 0.305 e. The molecule has 39 heavy (non-hydrogen) atoms. The Balaban J connectivity index is 1.72. The Labute approximate surface area is 233 Å². The first-order valence-electron chi connectivity index (χ1n) is 12.3. The molecule has 208 valence electrons. The highest BCUT2D eigenvalue weighted by Gasteiger charge is 2.76. The van der Waals surface area contributed by atoms with Gasteiger partial charge in [0.05, 0.1) is 32.5 Å². The van der Waals surface area contributed by atoms with Crippen LogP contribution in [0.25, 0.3) is 0 Å². The van der Waals surface area contributed by atoms with Crippen LogP contribution < -0.4 is 9.47 Å². The zero-order valence-electron chi connectivity index (χ0n) is 21.3. The predicted molar refractivity (Wildman–Crippen MR) is 136 cm³/mol. The first kappa shape index (κ1) is 27.3. The van der Waals surface area contributed by atoms with E-state index < -0.39 is 69.4 Å². The van der Waals surface area contributed by atoms with Crippen LogP contribution in [0, 0.1) is 17.8 Å². The molecule has 6 atom stereocenters. The van der Waals surface area contributed by atoms with Crippen molar-refractivity contribution in [1.29, 1.82) is 0 Å². The number of hydrogen-bond acceptors (Lipinski definition) is 8. The fraction of sp³-hybridized carbons (Fsp3) is 0.500. The maximum absolute atomic E-state index is 13.6. The summed E-state index contributed by atoms with van der Waals surface area (Å²) in [6.07, 6.45) is 1.19. The Bertz CT molecular complexity index is 1360. The van der Waals surface area contributed by atoms with Crippen LogP contribution in [0.5, 0.6) is 17.2 Å². The van der Waals surface area contributed by atoms with Gasteiger partial charge in [0.2, 0.25) is 11.8 Å². The van der Waals surface area contributed by atoms with Gasteiger partial charge in [0, 0.05) is 37.2 Å². The average Bonchev–Trinajstić information content (AvgIpc) is 3.22. The SMILES string of the molecule is COc1cc(O)c(C2C3=CCC4C(=O)N(CCC(=O)O)C(=O)C4C3CC3(Cl)C(=O)N(C)C(=O)C23Cl)c(OC)c1. The van der Waals surface area contributed by atoms with Crippen LogP contribution in [-0.2, 0) is 24.0 Å². The van der Waals surface area contributed by atoms with Gasteiger partial charge < -0.3 is 19.7 Å². The maximum atomic E-state index is 13.6. The summed E-state index contributed by atoms with van der Waals surface area (Å²) in [5, 5.41) is 20.3. The average molecular weight is 581 g/mol. The molecule has 0 spiro atoms. The van der Waals surface area contributed by atoms with Crippen LogP contribution in [0.15, 0.2) is 23.8 Å². The minimum atomic E-state index is -2.09. The fourth-order valence-corrected chi connectivity index (χ4v) is 7.72. The number of methoxy groups -OCH3 is 2. The van der Waals surface area contributed by atoms with Crippen molar-refractivity contribution >= 4 is 52.8 Å². The molecule has 1 aromatic carbocycles. The van der Waals surface area contributed by atoms with Crippen molar-refractivity contribution in [3.63, 3.8) is 0 Å². The number of fused-ring (bicyclic) bond motifs is 4. The lowest BCUT2D eigenvalue weighted by atomic mass is 9.56. The van der Waals surface area contributed by atoms with E-state index in [-0.39, 0.29) is 42.2 Å². The van der Waals surface area contributed by atoms with E-state index in [4.69, 9.17) is 37.8 Å². The summed E-state index contributed by atoms with van der Waals surface area (Å²) in [6.45, 7) is -0.288. The standard InChI is InChI=1S/C26H26Cl2N2O9/c1-29-23(36)25(27)10-14-12(4-5-13-18(14)22(35)30(21(13)34)7-6-17(32)33)20(26(25,28)24(29)37)19-15(31)8-11(38-2)9-16(19)39-3/h4,8-9,13-14,18,20,31H,5-7,10H2,1-3H3,(H,32,33). The highest BCUT2D eigenvalue weighted by Crippen LogP contribution is 2.67. The number of halogens is 2. The van der Waals surface area contributed by atoms with E-state index in [0.717, 1.165) is 9.80 Å². The van der Waals surface area contributed by atoms with Gasteiger partial charge in [-0.2, -0.15) is 0 Å². The Morgan fingerprint density at radius 3 is 2.38 bits per heavy atom. The monoisotopic (exact) mass is 580 g/mol. The van der Waals surface area contributed by atoms with Crippen LogP contribution in [0.2, 0.25) is 0 Å². The van der Waals surface area contributed by atoms with Crippen molar-refractivity contribution in [3.05, 3.63) is 29.3 Å². The molecule has 11 nitrogen and oxygen atoms in total. The number of phenolic OH excluding ortho intramolecular Hbond substituents is 1. The van der Waals surface area contributed by atoms with Crippen molar-refractivity contribution in [2.75, 3.05) is 27.8 Å². The van der Waals surface area contributed by atoms with E-state index in [1.807, 2.05) is 0 Å². The smallest absolute Gasteiger partial charge is 0.305 e. The lowest BCUT2D eigenvalue weighted by Crippen LogP contribution is -2.60. The van der Waals surface area contributed by atoms with Gasteiger partial charge >= 0.3 is 5.97 Å². The molecule has 3 fully saturated rings. The quantitative estimate of drug-likeness (QED) is 0.292. The molecular formula is C26H26Cl2N2O9. The lowest BCUT2D eigenvalue weighted by molar-refractivity contribution is -0.143. The van der Waals surface area contributed by atoms with Gasteiger partial charge in [-0.3, -0.25) is 33.8 Å². The van der Waals surface area contributed by atoms with E-state index in [0.29, 0.717) is 5.57 Å². The van der Waals surface area contributed by atoms with Crippen molar-refractivity contribution in [2.45, 2.75) is 34.9 Å². The molecule has 0 radical (unpaired) electrons. The molecule has 1 aromatic rings. The normalized spacial score (nSPS) is 33.5. The number of carbonyl (C=O) groups excluding carboxylic acids is 4. The number of likely N-dealkylation sites (tertiary alicyclic amines) is 2. The molecule has 5 rings (SSSR count). The number of allylic oxidation sites excluding steroid dienone is 2. The molecule has 2 aliphatic heterocycles. The van der Waals surface area contributed by atoms with Crippen molar-refractivity contribution in [1.82, 2.24) is 9.80 Å². The number of nitrogens with zero attached hydrogens (tertiary/aromatic N) is 2. The molecular weight excluding hydrogens is 555 g/mol. The summed E-state index contributed by atoms with van der Waals surface area (Å²) in [7, 11) is 4.01. The largest absolute Gasteiger partial charge is 0.507 e. The first-order chi connectivity index (χ1) is 18.3. The molecule has 2 N–H and O–H groups in total. The summed E-state index contributed by atoms with van der Waals surface area (Å²) >= 11 is 14.2. The summed E-state index contributed by atoms with van der Waals surface area (Å²) in [6, 6.07) is 2.80. The number of amides is 4. The number of hydrogen-bond donors (Lipinski definition) is 2. The second kappa shape index (κ2) is 9.12. The van der Waals surface area contributed by atoms with Crippen LogP contribution in [0.1, 0.15) is 30.7 Å². The Hall–Kier alpha value is -3.31. The number of carboxylic acid groups (broad SMARTS) is 1. The van der Waals surface area contributed by atoms with Gasteiger partial charge in [-0.1, -0.05) is 11.6 Å². The number of carboxylic acids is 1. The second-order valence-corrected chi connectivity index (χ2v) is 11.5. The highest BCUT2D eigenvalue weighted by atomic mass is 35.5. The summed E-state index contributed by atoms with van der Waals surface area (Å²) < 4.78 is 10.8. The molecule has 6 unspecified atom stereocenters. The van der Waals surface area contributed by atoms with Crippen LogP contribution in [0.4, 0.5) is 0 Å². The molecule has 13 heteroatoms. The molecule has 2 heterocycles.